The van der Waals surface area contributed by atoms with E-state index in [4.69, 9.17) is 15.2 Å². The number of likely N-dealkylation sites (N-methyl/N-ethyl adjacent to an activating group) is 1. The summed E-state index contributed by atoms with van der Waals surface area (Å²) in [5, 5.41) is 0. The van der Waals surface area contributed by atoms with Crippen LogP contribution in [0.1, 0.15) is 51.9 Å². The molecule has 0 aromatic carbocycles. The minimum atomic E-state index is 0.248. The molecule has 20 heavy (non-hydrogen) atoms. The molecule has 1 fully saturated rings. The number of nitrogens with zero attached hydrogens (tertiary/aromatic N) is 1. The number of methoxy groups -OCH3 is 1. The normalized spacial score (nSPS) is 19.2. The van der Waals surface area contributed by atoms with Gasteiger partial charge in [-0.2, -0.15) is 0 Å². The Morgan fingerprint density at radius 2 is 1.75 bits per heavy atom. The first-order valence-electron chi connectivity index (χ1n) is 8.31. The van der Waals surface area contributed by atoms with Gasteiger partial charge in [-0.1, -0.05) is 32.6 Å². The number of rotatable bonds is 10. The lowest BCUT2D eigenvalue weighted by molar-refractivity contribution is 0.0464. The summed E-state index contributed by atoms with van der Waals surface area (Å²) in [6.45, 7) is 7.45. The molecule has 0 spiro atoms. The Hall–Kier alpha value is -0.160. The molecule has 2 N–H and O–H groups in total. The molecule has 0 atom stereocenters. The molecule has 120 valence electrons. The molecule has 4 heteroatoms. The predicted octanol–water partition coefficient (Wildman–Crippen LogP) is 2.41. The average Bonchev–Trinajstić information content (AvgIpc) is 2.73. The third-order valence-electron chi connectivity index (χ3n) is 4.62. The molecule has 4 nitrogen and oxygen atoms in total. The van der Waals surface area contributed by atoms with E-state index >= 15 is 0 Å². The summed E-state index contributed by atoms with van der Waals surface area (Å²) in [6.07, 6.45) is 9.03. The van der Waals surface area contributed by atoms with Crippen LogP contribution in [0.3, 0.4) is 0 Å². The smallest absolute Gasteiger partial charge is 0.0700 e. The summed E-state index contributed by atoms with van der Waals surface area (Å²) in [4.78, 5) is 2.61. The van der Waals surface area contributed by atoms with E-state index in [1.165, 1.54) is 38.5 Å². The van der Waals surface area contributed by atoms with Crippen molar-refractivity contribution in [2.75, 3.05) is 46.6 Å². The maximum atomic E-state index is 6.16. The summed E-state index contributed by atoms with van der Waals surface area (Å²) in [5.74, 6) is 0. The fraction of sp³-hybridized carbons (Fsp3) is 1.00. The Morgan fingerprint density at radius 1 is 1.05 bits per heavy atom. The van der Waals surface area contributed by atoms with E-state index in [9.17, 15) is 0 Å². The predicted molar refractivity (Wildman–Crippen MR) is 84.0 cm³/mol. The lowest BCUT2D eigenvalue weighted by Crippen LogP contribution is -2.54. The van der Waals surface area contributed by atoms with E-state index < -0.39 is 0 Å². The van der Waals surface area contributed by atoms with Crippen LogP contribution in [0, 0.1) is 0 Å². The first kappa shape index (κ1) is 17.9. The van der Waals surface area contributed by atoms with Crippen molar-refractivity contribution >= 4 is 0 Å². The molecule has 0 aromatic rings. The molecule has 0 heterocycles. The summed E-state index contributed by atoms with van der Waals surface area (Å²) in [6, 6.07) is 0. The number of hydrogen-bond donors (Lipinski definition) is 1. The van der Waals surface area contributed by atoms with Gasteiger partial charge in [0.05, 0.1) is 13.2 Å². The highest BCUT2D eigenvalue weighted by Gasteiger charge is 2.34. The van der Waals surface area contributed by atoms with Gasteiger partial charge in [-0.3, -0.25) is 4.90 Å². The van der Waals surface area contributed by atoms with Crippen LogP contribution in [0.4, 0.5) is 0 Å². The second kappa shape index (κ2) is 10.6. The molecule has 1 saturated carbocycles. The summed E-state index contributed by atoms with van der Waals surface area (Å²) in [7, 11) is 1.71. The zero-order valence-electron chi connectivity index (χ0n) is 13.5. The van der Waals surface area contributed by atoms with Gasteiger partial charge >= 0.3 is 0 Å². The third-order valence-corrected chi connectivity index (χ3v) is 4.62. The topological polar surface area (TPSA) is 47.7 Å². The van der Waals surface area contributed by atoms with Crippen LogP contribution in [0.5, 0.6) is 0 Å². The molecule has 0 saturated heterocycles. The fourth-order valence-corrected chi connectivity index (χ4v) is 3.37. The fourth-order valence-electron chi connectivity index (χ4n) is 3.37. The van der Waals surface area contributed by atoms with Gasteiger partial charge in [0, 0.05) is 32.3 Å². The lowest BCUT2D eigenvalue weighted by atomic mass is 9.88. The minimum absolute atomic E-state index is 0.248. The monoisotopic (exact) mass is 286 g/mol. The van der Waals surface area contributed by atoms with Gasteiger partial charge < -0.3 is 15.2 Å². The highest BCUT2D eigenvalue weighted by atomic mass is 16.5. The Kier molecular flexibility index (Phi) is 9.44. The van der Waals surface area contributed by atoms with E-state index in [1.54, 1.807) is 7.11 Å². The molecule has 0 aromatic heterocycles. The van der Waals surface area contributed by atoms with Crippen LogP contribution >= 0.6 is 0 Å². The minimum Gasteiger partial charge on any atom is -0.382 e. The van der Waals surface area contributed by atoms with Gasteiger partial charge in [-0.05, 0) is 25.8 Å². The first-order valence-corrected chi connectivity index (χ1v) is 8.31. The van der Waals surface area contributed by atoms with E-state index in [1.807, 2.05) is 0 Å². The zero-order valence-corrected chi connectivity index (χ0v) is 13.5. The van der Waals surface area contributed by atoms with Gasteiger partial charge in [0.2, 0.25) is 0 Å². The molecule has 1 rings (SSSR count). The standard InChI is InChI=1S/C16H34N2O2/c1-3-18(11-8-12-20-14-13-19-2)16(15-17)9-6-4-5-7-10-16/h3-15,17H2,1-2H3. The Bertz CT molecular complexity index is 229. The van der Waals surface area contributed by atoms with Gasteiger partial charge in [0.15, 0.2) is 0 Å². The zero-order chi connectivity index (χ0) is 14.7. The van der Waals surface area contributed by atoms with Crippen LogP contribution < -0.4 is 5.73 Å². The van der Waals surface area contributed by atoms with Crippen LogP contribution in [0.25, 0.3) is 0 Å². The molecular formula is C16H34N2O2. The SMILES string of the molecule is CCN(CCCOCCOC)C1(CN)CCCCCC1. The Morgan fingerprint density at radius 3 is 2.30 bits per heavy atom. The van der Waals surface area contributed by atoms with Crippen molar-refractivity contribution in [3.05, 3.63) is 0 Å². The van der Waals surface area contributed by atoms with E-state index in [2.05, 4.69) is 11.8 Å². The van der Waals surface area contributed by atoms with Crippen molar-refractivity contribution in [1.29, 1.82) is 0 Å². The van der Waals surface area contributed by atoms with Gasteiger partial charge in [0.1, 0.15) is 0 Å². The Labute approximate surface area is 125 Å². The molecule has 0 bridgehead atoms. The largest absolute Gasteiger partial charge is 0.382 e. The van der Waals surface area contributed by atoms with Gasteiger partial charge in [-0.25, -0.2) is 0 Å². The summed E-state index contributed by atoms with van der Waals surface area (Å²) < 4.78 is 10.5. The van der Waals surface area contributed by atoms with E-state index in [0.717, 1.165) is 32.7 Å². The molecule has 0 radical (unpaired) electrons. The second-order valence-corrected chi connectivity index (χ2v) is 5.88. The van der Waals surface area contributed by atoms with Crippen LogP contribution in [0.15, 0.2) is 0 Å². The summed E-state index contributed by atoms with van der Waals surface area (Å²) >= 11 is 0. The molecule has 1 aliphatic carbocycles. The maximum Gasteiger partial charge on any atom is 0.0700 e. The average molecular weight is 286 g/mol. The van der Waals surface area contributed by atoms with Crippen molar-refractivity contribution in [2.45, 2.75) is 57.4 Å². The summed E-state index contributed by atoms with van der Waals surface area (Å²) in [5.41, 5.74) is 6.41. The van der Waals surface area contributed by atoms with Crippen LogP contribution in [0.2, 0.25) is 0 Å². The number of nitrogens with two attached hydrogens (primary N) is 1. The van der Waals surface area contributed by atoms with Gasteiger partial charge in [0.25, 0.3) is 0 Å². The van der Waals surface area contributed by atoms with E-state index in [0.29, 0.717) is 13.2 Å². The van der Waals surface area contributed by atoms with Crippen molar-refractivity contribution in [3.8, 4) is 0 Å². The molecule has 0 amide bonds. The number of hydrogen-bond acceptors (Lipinski definition) is 4. The highest BCUT2D eigenvalue weighted by Crippen LogP contribution is 2.31. The molecular weight excluding hydrogens is 252 g/mol. The molecule has 1 aliphatic rings. The van der Waals surface area contributed by atoms with Crippen molar-refractivity contribution in [1.82, 2.24) is 4.90 Å². The van der Waals surface area contributed by atoms with Crippen molar-refractivity contribution in [3.63, 3.8) is 0 Å². The quantitative estimate of drug-likeness (QED) is 0.495. The first-order chi connectivity index (χ1) is 9.79. The van der Waals surface area contributed by atoms with Crippen molar-refractivity contribution in [2.24, 2.45) is 5.73 Å². The third kappa shape index (κ3) is 5.68. The molecule has 0 unspecified atom stereocenters. The van der Waals surface area contributed by atoms with Crippen LogP contribution in [-0.2, 0) is 9.47 Å². The van der Waals surface area contributed by atoms with Crippen molar-refractivity contribution < 1.29 is 9.47 Å². The second-order valence-electron chi connectivity index (χ2n) is 5.88. The van der Waals surface area contributed by atoms with E-state index in [-0.39, 0.29) is 5.54 Å². The van der Waals surface area contributed by atoms with Crippen LogP contribution in [-0.4, -0.2) is 57.0 Å². The highest BCUT2D eigenvalue weighted by molar-refractivity contribution is 4.92. The Balaban J connectivity index is 2.37. The van der Waals surface area contributed by atoms with Gasteiger partial charge in [-0.15, -0.1) is 0 Å². The maximum absolute atomic E-state index is 6.16. The lowest BCUT2D eigenvalue weighted by Gasteiger charge is -2.43. The number of ether oxygens (including phenoxy) is 2. The molecule has 0 aliphatic heterocycles.